The minimum Gasteiger partial charge on any atom is -0.497 e. The molecule has 0 unspecified atom stereocenters. The summed E-state index contributed by atoms with van der Waals surface area (Å²) < 4.78 is 5.22. The van der Waals surface area contributed by atoms with Crippen LogP contribution in [0.25, 0.3) is 10.9 Å². The van der Waals surface area contributed by atoms with Gasteiger partial charge in [-0.25, -0.2) is 14.8 Å². The molecule has 0 bridgehead atoms. The van der Waals surface area contributed by atoms with E-state index in [0.29, 0.717) is 13.1 Å². The number of hydrogen-bond acceptors (Lipinski definition) is 5. The fourth-order valence-corrected chi connectivity index (χ4v) is 3.53. The van der Waals surface area contributed by atoms with Gasteiger partial charge in [0.2, 0.25) is 0 Å². The monoisotopic (exact) mass is 391 g/mol. The molecule has 150 valence electrons. The molecule has 7 heteroatoms. The van der Waals surface area contributed by atoms with Crippen molar-refractivity contribution in [2.45, 2.75) is 13.3 Å². The SMILES string of the molecule is CCc1nc(N2CCN(C(=O)Nc3cccc(OC)c3)CC2)c2ccccc2n1. The Morgan fingerprint density at radius 2 is 1.86 bits per heavy atom. The molecule has 0 atom stereocenters. The highest BCUT2D eigenvalue weighted by Gasteiger charge is 2.23. The number of carbonyl (C=O) groups is 1. The van der Waals surface area contributed by atoms with Crippen molar-refractivity contribution < 1.29 is 9.53 Å². The van der Waals surface area contributed by atoms with Gasteiger partial charge in [-0.3, -0.25) is 0 Å². The highest BCUT2D eigenvalue weighted by atomic mass is 16.5. The topological polar surface area (TPSA) is 70.6 Å². The molecule has 7 nitrogen and oxygen atoms in total. The maximum atomic E-state index is 12.7. The lowest BCUT2D eigenvalue weighted by Gasteiger charge is -2.35. The molecule has 29 heavy (non-hydrogen) atoms. The number of aryl methyl sites for hydroxylation is 1. The fourth-order valence-electron chi connectivity index (χ4n) is 3.53. The number of para-hydroxylation sites is 1. The van der Waals surface area contributed by atoms with Crippen LogP contribution >= 0.6 is 0 Å². The van der Waals surface area contributed by atoms with Gasteiger partial charge in [0.25, 0.3) is 0 Å². The molecular weight excluding hydrogens is 366 g/mol. The Bertz CT molecular complexity index is 1020. The smallest absolute Gasteiger partial charge is 0.321 e. The second kappa shape index (κ2) is 8.34. The van der Waals surface area contributed by atoms with Gasteiger partial charge in [0.15, 0.2) is 0 Å². The van der Waals surface area contributed by atoms with Crippen molar-refractivity contribution >= 4 is 28.4 Å². The van der Waals surface area contributed by atoms with Crippen molar-refractivity contribution in [2.24, 2.45) is 0 Å². The average molecular weight is 391 g/mol. The van der Waals surface area contributed by atoms with Crippen LogP contribution in [0.2, 0.25) is 0 Å². The number of methoxy groups -OCH3 is 1. The lowest BCUT2D eigenvalue weighted by Crippen LogP contribution is -2.50. The summed E-state index contributed by atoms with van der Waals surface area (Å²) in [5.41, 5.74) is 1.69. The minimum absolute atomic E-state index is 0.0975. The summed E-state index contributed by atoms with van der Waals surface area (Å²) >= 11 is 0. The summed E-state index contributed by atoms with van der Waals surface area (Å²) in [4.78, 5) is 26.1. The number of hydrogen-bond donors (Lipinski definition) is 1. The van der Waals surface area contributed by atoms with Gasteiger partial charge in [-0.1, -0.05) is 25.1 Å². The molecule has 1 aliphatic rings. The Kier molecular flexibility index (Phi) is 5.46. The van der Waals surface area contributed by atoms with E-state index in [2.05, 4.69) is 28.2 Å². The predicted molar refractivity (Wildman–Crippen MR) is 115 cm³/mol. The van der Waals surface area contributed by atoms with Gasteiger partial charge in [-0.15, -0.1) is 0 Å². The van der Waals surface area contributed by atoms with Crippen LogP contribution in [0.4, 0.5) is 16.3 Å². The molecule has 0 saturated carbocycles. The van der Waals surface area contributed by atoms with Gasteiger partial charge >= 0.3 is 6.03 Å². The largest absolute Gasteiger partial charge is 0.497 e. The maximum Gasteiger partial charge on any atom is 0.321 e. The highest BCUT2D eigenvalue weighted by Crippen LogP contribution is 2.25. The zero-order valence-electron chi connectivity index (χ0n) is 16.8. The molecule has 1 saturated heterocycles. The van der Waals surface area contributed by atoms with Gasteiger partial charge in [-0.05, 0) is 24.3 Å². The van der Waals surface area contributed by atoms with E-state index < -0.39 is 0 Å². The maximum absolute atomic E-state index is 12.7. The number of anilines is 2. The number of fused-ring (bicyclic) bond motifs is 1. The molecular formula is C22H25N5O2. The second-order valence-electron chi connectivity index (χ2n) is 6.97. The van der Waals surface area contributed by atoms with E-state index in [1.54, 1.807) is 7.11 Å². The zero-order chi connectivity index (χ0) is 20.2. The Morgan fingerprint density at radius 1 is 1.07 bits per heavy atom. The lowest BCUT2D eigenvalue weighted by molar-refractivity contribution is 0.208. The van der Waals surface area contributed by atoms with Crippen LogP contribution in [0.15, 0.2) is 48.5 Å². The lowest BCUT2D eigenvalue weighted by atomic mass is 10.2. The third-order valence-corrected chi connectivity index (χ3v) is 5.13. The number of ether oxygens (including phenoxy) is 1. The van der Waals surface area contributed by atoms with E-state index in [-0.39, 0.29) is 6.03 Å². The molecule has 1 fully saturated rings. The summed E-state index contributed by atoms with van der Waals surface area (Å²) in [7, 11) is 1.61. The molecule has 0 radical (unpaired) electrons. The third-order valence-electron chi connectivity index (χ3n) is 5.13. The molecule has 1 aliphatic heterocycles. The first-order valence-corrected chi connectivity index (χ1v) is 9.88. The fraction of sp³-hybridized carbons (Fsp3) is 0.318. The Labute approximate surface area is 170 Å². The molecule has 3 aromatic rings. The normalized spacial score (nSPS) is 14.1. The Morgan fingerprint density at radius 3 is 2.62 bits per heavy atom. The summed E-state index contributed by atoms with van der Waals surface area (Å²) in [6.45, 7) is 4.80. The van der Waals surface area contributed by atoms with Gasteiger partial charge in [-0.2, -0.15) is 0 Å². The molecule has 2 heterocycles. The molecule has 2 amide bonds. The van der Waals surface area contributed by atoms with E-state index in [4.69, 9.17) is 9.72 Å². The summed E-state index contributed by atoms with van der Waals surface area (Å²) in [6, 6.07) is 15.4. The molecule has 4 rings (SSSR count). The number of aromatic nitrogens is 2. The summed E-state index contributed by atoms with van der Waals surface area (Å²) in [5, 5.41) is 4.01. The first-order valence-electron chi connectivity index (χ1n) is 9.88. The minimum atomic E-state index is -0.0975. The van der Waals surface area contributed by atoms with E-state index in [0.717, 1.165) is 53.5 Å². The number of nitrogens with one attached hydrogen (secondary N) is 1. The molecule has 1 aromatic heterocycles. The second-order valence-corrected chi connectivity index (χ2v) is 6.97. The van der Waals surface area contributed by atoms with Gasteiger partial charge in [0.05, 0.1) is 12.6 Å². The Hall–Kier alpha value is -3.35. The van der Waals surface area contributed by atoms with Crippen LogP contribution in [0, 0.1) is 0 Å². The molecule has 0 aliphatic carbocycles. The predicted octanol–water partition coefficient (Wildman–Crippen LogP) is 3.55. The van der Waals surface area contributed by atoms with Crippen molar-refractivity contribution in [1.29, 1.82) is 0 Å². The van der Waals surface area contributed by atoms with Crippen LogP contribution in [0.5, 0.6) is 5.75 Å². The standard InChI is InChI=1S/C22H25N5O2/c1-3-20-24-19-10-5-4-9-18(19)21(25-20)26-11-13-27(14-12-26)22(28)23-16-7-6-8-17(15-16)29-2/h4-10,15H,3,11-14H2,1-2H3,(H,23,28). The number of rotatable bonds is 4. The number of carbonyl (C=O) groups excluding carboxylic acids is 1. The number of piperazine rings is 1. The van der Waals surface area contributed by atoms with E-state index in [1.807, 2.05) is 47.4 Å². The van der Waals surface area contributed by atoms with Gasteiger partial charge in [0.1, 0.15) is 17.4 Å². The van der Waals surface area contributed by atoms with E-state index in [1.165, 1.54) is 0 Å². The summed E-state index contributed by atoms with van der Waals surface area (Å²) in [6.07, 6.45) is 0.792. The number of urea groups is 1. The van der Waals surface area contributed by atoms with Crippen LogP contribution in [0.3, 0.4) is 0 Å². The van der Waals surface area contributed by atoms with Gasteiger partial charge < -0.3 is 19.9 Å². The first-order chi connectivity index (χ1) is 14.2. The quantitative estimate of drug-likeness (QED) is 0.736. The first kappa shape index (κ1) is 19.0. The number of amides is 2. The summed E-state index contributed by atoms with van der Waals surface area (Å²) in [5.74, 6) is 2.52. The van der Waals surface area contributed by atoms with Crippen molar-refractivity contribution in [3.05, 3.63) is 54.4 Å². The molecule has 0 spiro atoms. The van der Waals surface area contributed by atoms with Crippen molar-refractivity contribution in [3.8, 4) is 5.75 Å². The number of benzene rings is 2. The number of nitrogens with zero attached hydrogens (tertiary/aromatic N) is 4. The van der Waals surface area contributed by atoms with Crippen molar-refractivity contribution in [2.75, 3.05) is 43.5 Å². The average Bonchev–Trinajstić information content (AvgIpc) is 2.78. The van der Waals surface area contributed by atoms with Crippen LogP contribution in [0.1, 0.15) is 12.7 Å². The van der Waals surface area contributed by atoms with E-state index in [9.17, 15) is 4.79 Å². The van der Waals surface area contributed by atoms with Gasteiger partial charge in [0, 0.05) is 49.7 Å². The van der Waals surface area contributed by atoms with Crippen LogP contribution in [-0.4, -0.2) is 54.2 Å². The van der Waals surface area contributed by atoms with Crippen molar-refractivity contribution in [3.63, 3.8) is 0 Å². The molecule has 1 N–H and O–H groups in total. The van der Waals surface area contributed by atoms with Crippen LogP contribution in [-0.2, 0) is 6.42 Å². The zero-order valence-corrected chi connectivity index (χ0v) is 16.8. The van der Waals surface area contributed by atoms with Crippen LogP contribution < -0.4 is 15.0 Å². The highest BCUT2D eigenvalue weighted by molar-refractivity contribution is 5.91. The Balaban J connectivity index is 1.45. The van der Waals surface area contributed by atoms with E-state index >= 15 is 0 Å². The molecule has 2 aromatic carbocycles. The third kappa shape index (κ3) is 4.08. The van der Waals surface area contributed by atoms with Crippen molar-refractivity contribution in [1.82, 2.24) is 14.9 Å².